The number of carbonyl (C=O) groups excluding carboxylic acids is 3. The summed E-state index contributed by atoms with van der Waals surface area (Å²) in [5, 5.41) is 0.826. The zero-order valence-electron chi connectivity index (χ0n) is 17.7. The van der Waals surface area contributed by atoms with Gasteiger partial charge in [-0.25, -0.2) is 0 Å². The van der Waals surface area contributed by atoms with Crippen LogP contribution in [0.15, 0.2) is 54.6 Å². The number of Topliss-reactive ketones (excluding diaryl/α,β-unsaturated/α-hetero) is 1. The van der Waals surface area contributed by atoms with Crippen LogP contribution < -0.4 is 0 Å². The maximum absolute atomic E-state index is 13.2. The molecule has 1 aromatic heterocycles. The minimum atomic E-state index is -0.551. The van der Waals surface area contributed by atoms with E-state index in [-0.39, 0.29) is 24.8 Å². The molecule has 1 saturated heterocycles. The molecule has 1 amide bonds. The summed E-state index contributed by atoms with van der Waals surface area (Å²) in [6, 6.07) is 17.4. The number of hydrogen-bond donors (Lipinski definition) is 0. The van der Waals surface area contributed by atoms with Crippen molar-refractivity contribution in [3.05, 3.63) is 60.2 Å². The van der Waals surface area contributed by atoms with Crippen molar-refractivity contribution in [2.45, 2.75) is 25.7 Å². The minimum Gasteiger partial charge on any atom is -0.456 e. The second-order valence-corrected chi connectivity index (χ2v) is 7.88. The van der Waals surface area contributed by atoms with Gasteiger partial charge in [0.25, 0.3) is 0 Å². The monoisotopic (exact) mass is 418 g/mol. The number of amides is 1. The van der Waals surface area contributed by atoms with Gasteiger partial charge in [0, 0.05) is 30.9 Å². The summed E-state index contributed by atoms with van der Waals surface area (Å²) in [5.41, 5.74) is 3.20. The van der Waals surface area contributed by atoms with Gasteiger partial charge in [0.2, 0.25) is 11.7 Å². The topological polar surface area (TPSA) is 68.6 Å². The van der Waals surface area contributed by atoms with Gasteiger partial charge in [-0.15, -0.1) is 0 Å². The van der Waals surface area contributed by atoms with Crippen LogP contribution in [0, 0.1) is 0 Å². The number of hydrogen-bond acceptors (Lipinski definition) is 4. The molecule has 0 spiro atoms. The summed E-state index contributed by atoms with van der Waals surface area (Å²) in [6.07, 6.45) is 3.18. The van der Waals surface area contributed by atoms with Crippen LogP contribution in [-0.4, -0.2) is 46.8 Å². The fourth-order valence-corrected chi connectivity index (χ4v) is 4.23. The molecule has 4 rings (SSSR count). The van der Waals surface area contributed by atoms with Gasteiger partial charge in [0.05, 0.1) is 11.3 Å². The summed E-state index contributed by atoms with van der Waals surface area (Å²) < 4.78 is 7.30. The van der Waals surface area contributed by atoms with E-state index >= 15 is 0 Å². The largest absolute Gasteiger partial charge is 0.456 e. The number of aryl methyl sites for hydroxylation is 1. The van der Waals surface area contributed by atoms with Crippen LogP contribution in [0.25, 0.3) is 22.2 Å². The highest BCUT2D eigenvalue weighted by Gasteiger charge is 2.24. The molecule has 0 radical (unpaired) electrons. The predicted molar refractivity (Wildman–Crippen MR) is 119 cm³/mol. The Hall–Kier alpha value is -3.41. The molecule has 2 heterocycles. The van der Waals surface area contributed by atoms with Gasteiger partial charge in [-0.1, -0.05) is 55.0 Å². The van der Waals surface area contributed by atoms with E-state index in [1.807, 2.05) is 66.2 Å². The van der Waals surface area contributed by atoms with Crippen molar-refractivity contribution >= 4 is 28.6 Å². The lowest BCUT2D eigenvalue weighted by Crippen LogP contribution is -2.36. The van der Waals surface area contributed by atoms with Crippen LogP contribution >= 0.6 is 0 Å². The van der Waals surface area contributed by atoms with Crippen LogP contribution in [-0.2, 0) is 21.4 Å². The molecule has 1 aliphatic rings. The maximum Gasteiger partial charge on any atom is 0.326 e. The van der Waals surface area contributed by atoms with Gasteiger partial charge in [-0.3, -0.25) is 14.4 Å². The molecule has 31 heavy (non-hydrogen) atoms. The third-order valence-corrected chi connectivity index (χ3v) is 5.79. The van der Waals surface area contributed by atoms with Gasteiger partial charge in [0.1, 0.15) is 6.54 Å². The van der Waals surface area contributed by atoms with Crippen LogP contribution in [0.1, 0.15) is 36.0 Å². The summed E-state index contributed by atoms with van der Waals surface area (Å²) in [4.78, 5) is 39.2. The van der Waals surface area contributed by atoms with Crippen LogP contribution in [0.3, 0.4) is 0 Å². The third kappa shape index (κ3) is 4.38. The van der Waals surface area contributed by atoms with Gasteiger partial charge in [-0.2, -0.15) is 0 Å². The number of ether oxygens (including phenoxy) is 1. The molecule has 0 unspecified atom stereocenters. The zero-order chi connectivity index (χ0) is 21.8. The highest BCUT2D eigenvalue weighted by molar-refractivity contribution is 6.14. The van der Waals surface area contributed by atoms with Crippen molar-refractivity contribution in [3.63, 3.8) is 0 Å². The fourth-order valence-electron chi connectivity index (χ4n) is 4.23. The molecule has 0 N–H and O–H groups in total. The van der Waals surface area contributed by atoms with E-state index in [0.717, 1.165) is 41.4 Å². The molecule has 3 aromatic rings. The number of rotatable bonds is 6. The number of aromatic nitrogens is 1. The number of ketones is 1. The molecule has 2 aromatic carbocycles. The van der Waals surface area contributed by atoms with E-state index in [4.69, 9.17) is 4.74 Å². The number of esters is 1. The lowest BCUT2D eigenvalue weighted by Gasteiger charge is -2.19. The second-order valence-electron chi connectivity index (χ2n) is 7.88. The first-order valence-electron chi connectivity index (χ1n) is 10.7. The van der Waals surface area contributed by atoms with Crippen LogP contribution in [0.5, 0.6) is 0 Å². The third-order valence-electron chi connectivity index (χ3n) is 5.79. The zero-order valence-corrected chi connectivity index (χ0v) is 17.7. The molecule has 1 fully saturated rings. The maximum atomic E-state index is 13.2. The molecule has 0 saturated carbocycles. The van der Waals surface area contributed by atoms with Crippen molar-refractivity contribution in [1.29, 1.82) is 0 Å². The van der Waals surface area contributed by atoms with Gasteiger partial charge in [-0.05, 0) is 24.5 Å². The summed E-state index contributed by atoms with van der Waals surface area (Å²) in [7, 11) is 1.93. The van der Waals surface area contributed by atoms with E-state index in [9.17, 15) is 14.4 Å². The number of benzene rings is 2. The van der Waals surface area contributed by atoms with E-state index in [1.165, 1.54) is 4.90 Å². The number of nitrogens with zero attached hydrogens (tertiary/aromatic N) is 2. The minimum absolute atomic E-state index is 0.0267. The normalized spacial score (nSPS) is 14.5. The van der Waals surface area contributed by atoms with Gasteiger partial charge in [0.15, 0.2) is 6.61 Å². The number of carbonyl (C=O) groups is 3. The Morgan fingerprint density at radius 3 is 2.52 bits per heavy atom. The molecular weight excluding hydrogens is 392 g/mol. The average Bonchev–Trinajstić information content (AvgIpc) is 2.94. The fraction of sp³-hybridized carbons (Fsp3) is 0.320. The standard InChI is InChI=1S/C25H26N2O4/c1-26-20-13-8-7-12-19(20)24(25(26)18-10-4-2-5-11-18)21(28)17-31-23(30)16-27-15-9-3-6-14-22(27)29/h2,4-5,7-8,10-13H,3,6,9,14-17H2,1H3. The molecule has 6 heteroatoms. The van der Waals surface area contributed by atoms with Crippen molar-refractivity contribution in [1.82, 2.24) is 9.47 Å². The Kier molecular flexibility index (Phi) is 6.16. The Morgan fingerprint density at radius 1 is 0.968 bits per heavy atom. The Morgan fingerprint density at radius 2 is 1.71 bits per heavy atom. The first-order chi connectivity index (χ1) is 15.1. The number of likely N-dealkylation sites (tertiary alicyclic amines) is 1. The van der Waals surface area contributed by atoms with E-state index in [1.54, 1.807) is 0 Å². The quantitative estimate of drug-likeness (QED) is 0.449. The van der Waals surface area contributed by atoms with Crippen molar-refractivity contribution < 1.29 is 19.1 Å². The van der Waals surface area contributed by atoms with Gasteiger partial charge < -0.3 is 14.2 Å². The average molecular weight is 418 g/mol. The highest BCUT2D eigenvalue weighted by Crippen LogP contribution is 2.33. The Labute approximate surface area is 181 Å². The van der Waals surface area contributed by atoms with Gasteiger partial charge >= 0.3 is 5.97 Å². The molecule has 0 bridgehead atoms. The first-order valence-corrected chi connectivity index (χ1v) is 10.7. The molecule has 0 aliphatic carbocycles. The van der Waals surface area contributed by atoms with E-state index in [0.29, 0.717) is 18.5 Å². The number of fused-ring (bicyclic) bond motifs is 1. The van der Waals surface area contributed by atoms with Crippen molar-refractivity contribution in [2.75, 3.05) is 19.7 Å². The number of para-hydroxylation sites is 1. The Bertz CT molecular complexity index is 1120. The summed E-state index contributed by atoms with van der Waals surface area (Å²) in [6.45, 7) is 0.102. The van der Waals surface area contributed by atoms with Crippen molar-refractivity contribution in [3.8, 4) is 11.3 Å². The lowest BCUT2D eigenvalue weighted by atomic mass is 10.0. The molecule has 6 nitrogen and oxygen atoms in total. The summed E-state index contributed by atoms with van der Waals surface area (Å²) >= 11 is 0. The Balaban J connectivity index is 1.55. The van der Waals surface area contributed by atoms with Crippen LogP contribution in [0.2, 0.25) is 0 Å². The van der Waals surface area contributed by atoms with E-state index < -0.39 is 5.97 Å². The highest BCUT2D eigenvalue weighted by atomic mass is 16.5. The SMILES string of the molecule is Cn1c(-c2ccccc2)c(C(=O)COC(=O)CN2CCCCCC2=O)c2ccccc21. The molecular formula is C25H26N2O4. The second kappa shape index (κ2) is 9.16. The smallest absolute Gasteiger partial charge is 0.326 e. The molecule has 1 aliphatic heterocycles. The lowest BCUT2D eigenvalue weighted by molar-refractivity contribution is -0.148. The van der Waals surface area contributed by atoms with Crippen LogP contribution in [0.4, 0.5) is 0 Å². The van der Waals surface area contributed by atoms with Crippen molar-refractivity contribution in [2.24, 2.45) is 7.05 Å². The first kappa shape index (κ1) is 20.8. The molecule has 0 atom stereocenters. The molecule has 160 valence electrons. The van der Waals surface area contributed by atoms with E-state index in [2.05, 4.69) is 0 Å². The predicted octanol–water partition coefficient (Wildman–Crippen LogP) is 3.97. The summed E-state index contributed by atoms with van der Waals surface area (Å²) in [5.74, 6) is -0.836.